The van der Waals surface area contributed by atoms with Gasteiger partial charge in [0.15, 0.2) is 0 Å². The second kappa shape index (κ2) is 6.57. The Kier molecular flexibility index (Phi) is 4.36. The Hall–Kier alpha value is -3.38. The predicted molar refractivity (Wildman–Crippen MR) is 100 cm³/mol. The second-order valence-corrected chi connectivity index (χ2v) is 7.93. The summed E-state index contributed by atoms with van der Waals surface area (Å²) in [4.78, 5) is 16.0. The van der Waals surface area contributed by atoms with Crippen LogP contribution in [0.2, 0.25) is 0 Å². The molecule has 30 heavy (non-hydrogen) atoms. The molecule has 1 aliphatic heterocycles. The van der Waals surface area contributed by atoms with Crippen molar-refractivity contribution in [3.05, 3.63) is 65.9 Å². The monoisotopic (exact) mass is 435 g/mol. The van der Waals surface area contributed by atoms with Crippen molar-refractivity contribution in [3.63, 3.8) is 0 Å². The molecule has 3 N–H and O–H groups in total. The van der Waals surface area contributed by atoms with E-state index >= 15 is 0 Å². The number of alkyl halides is 3. The van der Waals surface area contributed by atoms with Crippen molar-refractivity contribution >= 4 is 32.5 Å². The lowest BCUT2D eigenvalue weighted by Gasteiger charge is -2.19. The van der Waals surface area contributed by atoms with Gasteiger partial charge in [-0.2, -0.15) is 13.2 Å². The molecule has 2 heterocycles. The first-order valence-electron chi connectivity index (χ1n) is 8.37. The lowest BCUT2D eigenvalue weighted by molar-refractivity contribution is -0.166. The molecule has 1 aromatic heterocycles. The first-order valence-corrected chi connectivity index (χ1v) is 9.91. The number of aromatic nitrogens is 1. The summed E-state index contributed by atoms with van der Waals surface area (Å²) in [6.07, 6.45) is -3.50. The van der Waals surface area contributed by atoms with Crippen LogP contribution in [0.25, 0.3) is 10.9 Å². The number of nitrogens with zero attached hydrogens (tertiary/aromatic N) is 3. The van der Waals surface area contributed by atoms with E-state index in [0.29, 0.717) is 10.9 Å². The SMILES string of the molecule is NS(=O)(=O)c1c(C(=O)Nc2cccc3cccnc23)cccc1C1(C(F)(F)F)N=N1. The number of nitrogens with two attached hydrogens (primary N) is 1. The van der Waals surface area contributed by atoms with Gasteiger partial charge in [-0.25, -0.2) is 13.6 Å². The van der Waals surface area contributed by atoms with Crippen molar-refractivity contribution in [2.24, 2.45) is 15.4 Å². The highest BCUT2D eigenvalue weighted by molar-refractivity contribution is 7.89. The van der Waals surface area contributed by atoms with E-state index in [1.807, 2.05) is 0 Å². The summed E-state index contributed by atoms with van der Waals surface area (Å²) in [6.45, 7) is 0. The lowest BCUT2D eigenvalue weighted by atomic mass is 9.99. The number of anilines is 1. The number of hydrogen-bond donors (Lipinski definition) is 2. The standard InChI is InChI=1S/C18H12F3N5O3S/c19-18(20,21)17(25-26-17)12-7-2-6-11(15(12)30(22,28)29)16(27)24-13-8-1-4-10-5-3-9-23-14(10)13/h1-9H,(H,24,27)(H2,22,28,29). The van der Waals surface area contributed by atoms with Gasteiger partial charge in [-0.05, 0) is 18.2 Å². The minimum Gasteiger partial charge on any atom is -0.320 e. The van der Waals surface area contributed by atoms with Crippen LogP contribution in [0.15, 0.2) is 69.9 Å². The van der Waals surface area contributed by atoms with Crippen LogP contribution in [0.3, 0.4) is 0 Å². The lowest BCUT2D eigenvalue weighted by Crippen LogP contribution is -2.34. The van der Waals surface area contributed by atoms with Crippen molar-refractivity contribution in [1.29, 1.82) is 0 Å². The Morgan fingerprint density at radius 1 is 1.03 bits per heavy atom. The number of sulfonamides is 1. The quantitative estimate of drug-likeness (QED) is 0.652. The van der Waals surface area contributed by atoms with Crippen LogP contribution in [0.1, 0.15) is 15.9 Å². The number of amides is 1. The van der Waals surface area contributed by atoms with Crippen LogP contribution >= 0.6 is 0 Å². The van der Waals surface area contributed by atoms with Gasteiger partial charge in [0.25, 0.3) is 5.91 Å². The Morgan fingerprint density at radius 3 is 2.33 bits per heavy atom. The minimum absolute atomic E-state index is 0.246. The van der Waals surface area contributed by atoms with Gasteiger partial charge in [-0.15, -0.1) is 10.2 Å². The minimum atomic E-state index is -5.00. The van der Waals surface area contributed by atoms with Crippen molar-refractivity contribution < 1.29 is 26.4 Å². The zero-order valence-corrected chi connectivity index (χ0v) is 15.7. The zero-order valence-electron chi connectivity index (χ0n) is 14.9. The van der Waals surface area contributed by atoms with E-state index < -0.39 is 43.8 Å². The molecule has 0 spiro atoms. The number of hydrogen-bond acceptors (Lipinski definition) is 6. The Balaban J connectivity index is 1.83. The van der Waals surface area contributed by atoms with E-state index in [2.05, 4.69) is 20.5 Å². The Labute approximate surface area is 167 Å². The van der Waals surface area contributed by atoms with Gasteiger partial charge in [0.2, 0.25) is 10.0 Å². The maximum atomic E-state index is 13.5. The molecular weight excluding hydrogens is 423 g/mol. The van der Waals surface area contributed by atoms with Gasteiger partial charge in [-0.1, -0.05) is 30.3 Å². The van der Waals surface area contributed by atoms with E-state index in [4.69, 9.17) is 5.14 Å². The summed E-state index contributed by atoms with van der Waals surface area (Å²) in [5, 5.41) is 14.4. The van der Waals surface area contributed by atoms with Crippen LogP contribution in [0, 0.1) is 0 Å². The highest BCUT2D eigenvalue weighted by atomic mass is 32.2. The number of nitrogens with one attached hydrogen (secondary N) is 1. The highest BCUT2D eigenvalue weighted by Gasteiger charge is 2.66. The van der Waals surface area contributed by atoms with Gasteiger partial charge < -0.3 is 5.32 Å². The molecule has 0 saturated heterocycles. The number of rotatable bonds is 4. The average Bonchev–Trinajstić information content (AvgIpc) is 3.49. The summed E-state index contributed by atoms with van der Waals surface area (Å²) in [7, 11) is -4.74. The first-order chi connectivity index (χ1) is 14.0. The summed E-state index contributed by atoms with van der Waals surface area (Å²) >= 11 is 0. The number of benzene rings is 2. The second-order valence-electron chi connectivity index (χ2n) is 6.43. The van der Waals surface area contributed by atoms with Crippen molar-refractivity contribution in [2.45, 2.75) is 16.7 Å². The Bertz CT molecular complexity index is 1310. The highest BCUT2D eigenvalue weighted by Crippen LogP contribution is 2.54. The number of pyridine rings is 1. The van der Waals surface area contributed by atoms with Gasteiger partial charge in [0, 0.05) is 17.1 Å². The molecule has 2 aromatic carbocycles. The van der Waals surface area contributed by atoms with Crippen LogP contribution in [0.4, 0.5) is 18.9 Å². The number of fused-ring (bicyclic) bond motifs is 1. The van der Waals surface area contributed by atoms with Gasteiger partial charge >= 0.3 is 11.8 Å². The molecule has 12 heteroatoms. The molecule has 0 radical (unpaired) electrons. The van der Waals surface area contributed by atoms with Crippen LogP contribution in [-0.2, 0) is 15.7 Å². The molecule has 0 bridgehead atoms. The van der Waals surface area contributed by atoms with Gasteiger partial charge in [0.1, 0.15) is 4.90 Å². The summed E-state index contributed by atoms with van der Waals surface area (Å²) in [5.74, 6) is -0.975. The normalized spacial score (nSPS) is 15.2. The van der Waals surface area contributed by atoms with Gasteiger partial charge in [0.05, 0.1) is 16.8 Å². The molecule has 8 nitrogen and oxygen atoms in total. The third kappa shape index (κ3) is 3.19. The predicted octanol–water partition coefficient (Wildman–Crippen LogP) is 3.32. The molecule has 1 amide bonds. The fourth-order valence-electron chi connectivity index (χ4n) is 3.12. The van der Waals surface area contributed by atoms with Crippen molar-refractivity contribution in [2.75, 3.05) is 5.32 Å². The molecular formula is C18H12F3N5O3S. The zero-order chi connectivity index (χ0) is 21.7. The number of carbonyl (C=O) groups excluding carboxylic acids is 1. The maximum Gasteiger partial charge on any atom is 0.442 e. The fourth-order valence-corrected chi connectivity index (χ4v) is 4.10. The average molecular weight is 435 g/mol. The van der Waals surface area contributed by atoms with Crippen molar-refractivity contribution in [1.82, 2.24) is 4.98 Å². The molecule has 0 saturated carbocycles. The van der Waals surface area contributed by atoms with Crippen LogP contribution in [-0.4, -0.2) is 25.5 Å². The fraction of sp³-hybridized carbons (Fsp3) is 0.111. The van der Waals surface area contributed by atoms with E-state index in [0.717, 1.165) is 18.2 Å². The van der Waals surface area contributed by atoms with E-state index in [-0.39, 0.29) is 5.69 Å². The number of para-hydroxylation sites is 1. The summed E-state index contributed by atoms with van der Waals surface area (Å²) in [6, 6.07) is 11.4. The number of carbonyl (C=O) groups is 1. The smallest absolute Gasteiger partial charge is 0.320 e. The molecule has 0 fully saturated rings. The first kappa shape index (κ1) is 19.9. The third-order valence-electron chi connectivity index (χ3n) is 4.50. The molecule has 0 atom stereocenters. The number of halogens is 3. The maximum absolute atomic E-state index is 13.5. The summed E-state index contributed by atoms with van der Waals surface area (Å²) < 4.78 is 64.8. The molecule has 3 aromatic rings. The molecule has 1 aliphatic rings. The van der Waals surface area contributed by atoms with E-state index in [1.165, 1.54) is 12.3 Å². The van der Waals surface area contributed by atoms with Crippen LogP contribution in [0.5, 0.6) is 0 Å². The van der Waals surface area contributed by atoms with Crippen molar-refractivity contribution in [3.8, 4) is 0 Å². The molecule has 4 rings (SSSR count). The topological polar surface area (TPSA) is 127 Å². The molecule has 154 valence electrons. The molecule has 0 aliphatic carbocycles. The van der Waals surface area contributed by atoms with E-state index in [9.17, 15) is 26.4 Å². The Morgan fingerprint density at radius 2 is 1.70 bits per heavy atom. The van der Waals surface area contributed by atoms with Crippen LogP contribution < -0.4 is 10.5 Å². The van der Waals surface area contributed by atoms with Gasteiger partial charge in [-0.3, -0.25) is 9.78 Å². The number of primary sulfonamides is 1. The summed E-state index contributed by atoms with van der Waals surface area (Å²) in [5.41, 5.74) is -3.80. The molecule has 0 unspecified atom stereocenters. The third-order valence-corrected chi connectivity index (χ3v) is 5.50. The van der Waals surface area contributed by atoms with E-state index in [1.54, 1.807) is 24.3 Å². The largest absolute Gasteiger partial charge is 0.442 e.